The van der Waals surface area contributed by atoms with Crippen LogP contribution in [-0.2, 0) is 10.2 Å². The lowest BCUT2D eigenvalue weighted by Crippen LogP contribution is -2.45. The second-order valence-electron chi connectivity index (χ2n) is 6.19. The van der Waals surface area contributed by atoms with Gasteiger partial charge >= 0.3 is 0 Å². The first-order valence-electron chi connectivity index (χ1n) is 8.14. The van der Waals surface area contributed by atoms with Gasteiger partial charge in [-0.05, 0) is 42.7 Å². The fraction of sp³-hybridized carbons (Fsp3) is 0.211. The van der Waals surface area contributed by atoms with Crippen molar-refractivity contribution < 1.29 is 9.18 Å². The highest BCUT2D eigenvalue weighted by molar-refractivity contribution is 7.10. The fourth-order valence-electron chi connectivity index (χ4n) is 3.14. The molecule has 1 fully saturated rings. The number of hydrogen-bond donors (Lipinski definition) is 1. The van der Waals surface area contributed by atoms with Gasteiger partial charge in [-0.25, -0.2) is 4.39 Å². The van der Waals surface area contributed by atoms with Crippen LogP contribution in [0.1, 0.15) is 24.8 Å². The highest BCUT2D eigenvalue weighted by Crippen LogP contribution is 2.44. The van der Waals surface area contributed by atoms with Crippen molar-refractivity contribution in [1.29, 1.82) is 0 Å². The summed E-state index contributed by atoms with van der Waals surface area (Å²) in [5.41, 5.74) is 1.30. The summed E-state index contributed by atoms with van der Waals surface area (Å²) in [5.74, 6) is 0.150. The van der Waals surface area contributed by atoms with E-state index >= 15 is 0 Å². The number of benzene rings is 2. The summed E-state index contributed by atoms with van der Waals surface area (Å²) in [4.78, 5) is 17.3. The minimum absolute atomic E-state index is 0.0354. The molecule has 2 aromatic carbocycles. The van der Waals surface area contributed by atoms with Crippen molar-refractivity contribution in [2.75, 3.05) is 5.32 Å². The fourth-order valence-corrected chi connectivity index (χ4v) is 3.73. The van der Waals surface area contributed by atoms with Crippen LogP contribution in [-0.4, -0.2) is 15.3 Å². The molecule has 126 valence electrons. The summed E-state index contributed by atoms with van der Waals surface area (Å²) in [6, 6.07) is 15.9. The Labute approximate surface area is 148 Å². The standard InChI is InChI=1S/C19H16FN3OS/c20-15-9-7-13(8-10-15)16-21-18(25-23-16)22-17(24)19(11-4-12-19)14-5-2-1-3-6-14/h1-3,5-10H,4,11-12H2,(H,21,22,23,24). The van der Waals surface area contributed by atoms with Crippen LogP contribution in [0.3, 0.4) is 0 Å². The zero-order valence-electron chi connectivity index (χ0n) is 13.4. The van der Waals surface area contributed by atoms with Crippen LogP contribution in [0.15, 0.2) is 54.6 Å². The minimum Gasteiger partial charge on any atom is -0.300 e. The van der Waals surface area contributed by atoms with Crippen LogP contribution in [0.2, 0.25) is 0 Å². The van der Waals surface area contributed by atoms with Crippen molar-refractivity contribution in [2.45, 2.75) is 24.7 Å². The number of carbonyl (C=O) groups excluding carboxylic acids is 1. The first-order valence-corrected chi connectivity index (χ1v) is 8.91. The normalized spacial score (nSPS) is 15.4. The number of amides is 1. The molecule has 4 rings (SSSR count). The monoisotopic (exact) mass is 353 g/mol. The van der Waals surface area contributed by atoms with E-state index in [4.69, 9.17) is 0 Å². The molecule has 1 N–H and O–H groups in total. The molecule has 0 unspecified atom stereocenters. The highest BCUT2D eigenvalue weighted by atomic mass is 32.1. The van der Waals surface area contributed by atoms with E-state index in [1.165, 1.54) is 12.1 Å². The smallest absolute Gasteiger partial charge is 0.236 e. The molecule has 0 saturated heterocycles. The van der Waals surface area contributed by atoms with Gasteiger partial charge < -0.3 is 0 Å². The van der Waals surface area contributed by atoms with E-state index < -0.39 is 5.41 Å². The third-order valence-electron chi connectivity index (χ3n) is 4.72. The summed E-state index contributed by atoms with van der Waals surface area (Å²) in [7, 11) is 0. The topological polar surface area (TPSA) is 54.9 Å². The van der Waals surface area contributed by atoms with Gasteiger partial charge in [-0.1, -0.05) is 36.8 Å². The van der Waals surface area contributed by atoms with Gasteiger partial charge in [0, 0.05) is 17.1 Å². The number of halogens is 1. The molecule has 1 aliphatic rings. The SMILES string of the molecule is O=C(Nc1nc(-c2ccc(F)cc2)ns1)C1(c2ccccc2)CCC1. The molecular formula is C19H16FN3OS. The van der Waals surface area contributed by atoms with E-state index in [9.17, 15) is 9.18 Å². The minimum atomic E-state index is -0.469. The Hall–Kier alpha value is -2.60. The Morgan fingerprint density at radius 1 is 1.08 bits per heavy atom. The maximum Gasteiger partial charge on any atom is 0.236 e. The van der Waals surface area contributed by atoms with E-state index in [-0.39, 0.29) is 11.7 Å². The predicted octanol–water partition coefficient (Wildman–Crippen LogP) is 4.40. The molecule has 1 heterocycles. The lowest BCUT2D eigenvalue weighted by Gasteiger charge is -2.40. The second kappa shape index (κ2) is 6.37. The summed E-state index contributed by atoms with van der Waals surface area (Å²) in [6.07, 6.45) is 2.72. The van der Waals surface area contributed by atoms with E-state index in [0.29, 0.717) is 11.0 Å². The molecule has 25 heavy (non-hydrogen) atoms. The van der Waals surface area contributed by atoms with Crippen molar-refractivity contribution >= 4 is 22.6 Å². The number of anilines is 1. The molecule has 4 nitrogen and oxygen atoms in total. The van der Waals surface area contributed by atoms with E-state index in [0.717, 1.165) is 41.9 Å². The molecular weight excluding hydrogens is 337 g/mol. The van der Waals surface area contributed by atoms with Crippen molar-refractivity contribution in [1.82, 2.24) is 9.36 Å². The van der Waals surface area contributed by atoms with Gasteiger partial charge in [0.2, 0.25) is 11.0 Å². The van der Waals surface area contributed by atoms with Gasteiger partial charge in [0.25, 0.3) is 0 Å². The van der Waals surface area contributed by atoms with Gasteiger partial charge in [-0.2, -0.15) is 9.36 Å². The average molecular weight is 353 g/mol. The summed E-state index contributed by atoms with van der Waals surface area (Å²) < 4.78 is 17.3. The molecule has 0 spiro atoms. The molecule has 0 atom stereocenters. The van der Waals surface area contributed by atoms with E-state index in [1.54, 1.807) is 12.1 Å². The van der Waals surface area contributed by atoms with Crippen LogP contribution >= 0.6 is 11.5 Å². The Morgan fingerprint density at radius 3 is 2.44 bits per heavy atom. The van der Waals surface area contributed by atoms with Gasteiger partial charge in [0.15, 0.2) is 5.82 Å². The van der Waals surface area contributed by atoms with Crippen LogP contribution in [0.25, 0.3) is 11.4 Å². The Bertz CT molecular complexity index is 889. The third kappa shape index (κ3) is 2.93. The van der Waals surface area contributed by atoms with Gasteiger partial charge in [0.05, 0.1) is 5.41 Å². The first kappa shape index (κ1) is 15.9. The third-order valence-corrected chi connectivity index (χ3v) is 5.35. The number of carbonyl (C=O) groups is 1. The van der Waals surface area contributed by atoms with Gasteiger partial charge in [-0.3, -0.25) is 10.1 Å². The van der Waals surface area contributed by atoms with Crippen molar-refractivity contribution in [3.63, 3.8) is 0 Å². The van der Waals surface area contributed by atoms with E-state index in [2.05, 4.69) is 14.7 Å². The quantitative estimate of drug-likeness (QED) is 0.756. The molecule has 0 radical (unpaired) electrons. The second-order valence-corrected chi connectivity index (χ2v) is 6.94. The molecule has 6 heteroatoms. The number of rotatable bonds is 4. The summed E-state index contributed by atoms with van der Waals surface area (Å²) in [6.45, 7) is 0. The molecule has 3 aromatic rings. The lowest BCUT2D eigenvalue weighted by atomic mass is 9.64. The van der Waals surface area contributed by atoms with Crippen LogP contribution < -0.4 is 5.32 Å². The van der Waals surface area contributed by atoms with Crippen molar-refractivity contribution in [3.05, 3.63) is 66.0 Å². The lowest BCUT2D eigenvalue weighted by molar-refractivity contribution is -0.124. The predicted molar refractivity (Wildman–Crippen MR) is 95.9 cm³/mol. The molecule has 1 aliphatic carbocycles. The maximum absolute atomic E-state index is 13.0. The molecule has 1 amide bonds. The molecule has 0 aliphatic heterocycles. The van der Waals surface area contributed by atoms with Gasteiger partial charge in [0.1, 0.15) is 5.82 Å². The highest BCUT2D eigenvalue weighted by Gasteiger charge is 2.45. The largest absolute Gasteiger partial charge is 0.300 e. The van der Waals surface area contributed by atoms with Crippen LogP contribution in [0.4, 0.5) is 9.52 Å². The summed E-state index contributed by atoms with van der Waals surface area (Å²) >= 11 is 1.14. The van der Waals surface area contributed by atoms with E-state index in [1.807, 2.05) is 30.3 Å². The average Bonchev–Trinajstić information content (AvgIpc) is 3.04. The van der Waals surface area contributed by atoms with Gasteiger partial charge in [-0.15, -0.1) is 0 Å². The van der Waals surface area contributed by atoms with Crippen molar-refractivity contribution in [2.24, 2.45) is 0 Å². The number of nitrogens with one attached hydrogen (secondary N) is 1. The molecule has 1 saturated carbocycles. The number of aromatic nitrogens is 2. The van der Waals surface area contributed by atoms with Crippen LogP contribution in [0.5, 0.6) is 0 Å². The first-order chi connectivity index (χ1) is 12.2. The summed E-state index contributed by atoms with van der Waals surface area (Å²) in [5, 5.41) is 3.38. The zero-order valence-corrected chi connectivity index (χ0v) is 14.2. The van der Waals surface area contributed by atoms with Crippen molar-refractivity contribution in [3.8, 4) is 11.4 Å². The Morgan fingerprint density at radius 2 is 1.80 bits per heavy atom. The molecule has 0 bridgehead atoms. The number of hydrogen-bond acceptors (Lipinski definition) is 4. The Kier molecular flexibility index (Phi) is 4.05. The van der Waals surface area contributed by atoms with Crippen LogP contribution in [0, 0.1) is 5.82 Å². The maximum atomic E-state index is 13.0. The Balaban J connectivity index is 1.54. The molecule has 1 aromatic heterocycles. The zero-order chi connectivity index (χ0) is 17.3. The number of nitrogens with zero attached hydrogens (tertiary/aromatic N) is 2.